The molecule has 1 fully saturated rings. The van der Waals surface area contributed by atoms with Crippen LogP contribution in [0.5, 0.6) is 5.75 Å². The van der Waals surface area contributed by atoms with E-state index in [0.717, 1.165) is 31.6 Å². The summed E-state index contributed by atoms with van der Waals surface area (Å²) in [5.74, 6) is -0.257. The van der Waals surface area contributed by atoms with E-state index >= 15 is 0 Å². The number of aromatic nitrogens is 2. The lowest BCUT2D eigenvalue weighted by atomic mass is 9.96. The molecule has 3 aromatic rings. The fraction of sp³-hybridized carbons (Fsp3) is 0.320. The van der Waals surface area contributed by atoms with E-state index in [1.165, 1.54) is 23.9 Å². The second-order valence-corrected chi connectivity index (χ2v) is 8.49. The number of nitrogens with one attached hydrogen (secondary N) is 1. The third-order valence-electron chi connectivity index (χ3n) is 5.79. The number of nitrogens with zero attached hydrogens (tertiary/aromatic N) is 3. The molecule has 1 aromatic carbocycles. The smallest absolute Gasteiger partial charge is 0.251 e. The monoisotopic (exact) mass is 468 g/mol. The Morgan fingerprint density at radius 1 is 1.15 bits per heavy atom. The number of ether oxygens (including phenoxy) is 1. The summed E-state index contributed by atoms with van der Waals surface area (Å²) in [6.07, 6.45) is 7.67. The quantitative estimate of drug-likeness (QED) is 0.526. The normalized spacial score (nSPS) is 14.2. The fourth-order valence-corrected chi connectivity index (χ4v) is 3.98. The van der Waals surface area contributed by atoms with Crippen molar-refractivity contribution in [3.8, 4) is 5.75 Å². The number of piperidine rings is 1. The Labute approximate surface area is 197 Å². The standard InChI is InChI=1S/C25H26ClFN4O2/c26-20-2-3-21(29-17-20)9-14-33-24-15-19(1-4-23(24)27)25(32)30-16-18-7-12-31(13-8-18)22-5-10-28-11-6-22/h1-6,10-11,15,17-18H,7-9,12-14,16H2,(H,30,32). The van der Waals surface area contributed by atoms with Crippen LogP contribution in [0, 0.1) is 11.7 Å². The number of anilines is 1. The van der Waals surface area contributed by atoms with E-state index in [2.05, 4.69) is 20.2 Å². The summed E-state index contributed by atoms with van der Waals surface area (Å²) in [5.41, 5.74) is 2.35. The molecule has 6 nitrogen and oxygen atoms in total. The lowest BCUT2D eigenvalue weighted by molar-refractivity contribution is 0.0944. The number of carbonyl (C=O) groups is 1. The Balaban J connectivity index is 1.25. The summed E-state index contributed by atoms with van der Waals surface area (Å²) in [5, 5.41) is 3.55. The van der Waals surface area contributed by atoms with E-state index in [0.29, 0.717) is 29.5 Å². The van der Waals surface area contributed by atoms with Crippen LogP contribution < -0.4 is 15.0 Å². The second kappa shape index (κ2) is 11.1. The Kier molecular flexibility index (Phi) is 7.73. The first kappa shape index (κ1) is 23.0. The van der Waals surface area contributed by atoms with Gasteiger partial charge in [0.1, 0.15) is 0 Å². The van der Waals surface area contributed by atoms with Crippen molar-refractivity contribution in [2.24, 2.45) is 5.92 Å². The van der Waals surface area contributed by atoms with E-state index in [9.17, 15) is 9.18 Å². The molecule has 0 spiro atoms. The minimum atomic E-state index is -0.501. The van der Waals surface area contributed by atoms with Gasteiger partial charge in [-0.3, -0.25) is 14.8 Å². The topological polar surface area (TPSA) is 67.4 Å². The molecule has 0 aliphatic carbocycles. The van der Waals surface area contributed by atoms with Crippen molar-refractivity contribution < 1.29 is 13.9 Å². The van der Waals surface area contributed by atoms with Crippen molar-refractivity contribution in [1.29, 1.82) is 0 Å². The van der Waals surface area contributed by atoms with Gasteiger partial charge in [-0.05, 0) is 61.2 Å². The molecule has 1 amide bonds. The van der Waals surface area contributed by atoms with Crippen molar-refractivity contribution in [3.63, 3.8) is 0 Å². The molecule has 0 radical (unpaired) electrons. The van der Waals surface area contributed by atoms with Crippen LogP contribution in [0.3, 0.4) is 0 Å². The number of carbonyl (C=O) groups excluding carboxylic acids is 1. The average molecular weight is 469 g/mol. The van der Waals surface area contributed by atoms with Gasteiger partial charge in [-0.15, -0.1) is 0 Å². The van der Waals surface area contributed by atoms with Crippen LogP contribution in [0.4, 0.5) is 10.1 Å². The number of rotatable bonds is 8. The third kappa shape index (κ3) is 6.42. The number of halogens is 2. The number of amides is 1. The van der Waals surface area contributed by atoms with Gasteiger partial charge in [-0.1, -0.05) is 11.6 Å². The van der Waals surface area contributed by atoms with E-state index in [4.69, 9.17) is 16.3 Å². The number of pyridine rings is 2. The van der Waals surface area contributed by atoms with Crippen molar-refractivity contribution in [2.75, 3.05) is 31.1 Å². The number of hydrogen-bond donors (Lipinski definition) is 1. The molecule has 1 aliphatic heterocycles. The molecule has 2 aromatic heterocycles. The van der Waals surface area contributed by atoms with Gasteiger partial charge in [-0.25, -0.2) is 4.39 Å². The Morgan fingerprint density at radius 3 is 2.67 bits per heavy atom. The molecule has 3 heterocycles. The summed E-state index contributed by atoms with van der Waals surface area (Å²) < 4.78 is 19.7. The van der Waals surface area contributed by atoms with E-state index in [-0.39, 0.29) is 18.3 Å². The zero-order chi connectivity index (χ0) is 23.0. The van der Waals surface area contributed by atoms with Crippen LogP contribution in [0.2, 0.25) is 5.02 Å². The maximum atomic E-state index is 14.2. The molecule has 1 aliphatic rings. The van der Waals surface area contributed by atoms with Crippen LogP contribution in [0.1, 0.15) is 28.9 Å². The first-order chi connectivity index (χ1) is 16.1. The average Bonchev–Trinajstić information content (AvgIpc) is 2.86. The largest absolute Gasteiger partial charge is 0.490 e. The molecule has 0 atom stereocenters. The minimum absolute atomic E-state index is 0.0577. The molecule has 1 saturated heterocycles. The molecule has 33 heavy (non-hydrogen) atoms. The SMILES string of the molecule is O=C(NCC1CCN(c2ccncc2)CC1)c1ccc(F)c(OCCc2ccc(Cl)cn2)c1. The molecule has 4 rings (SSSR count). The maximum absolute atomic E-state index is 14.2. The molecule has 1 N–H and O–H groups in total. The summed E-state index contributed by atoms with van der Waals surface area (Å²) in [6, 6.07) is 11.8. The molecule has 0 unspecified atom stereocenters. The Morgan fingerprint density at radius 2 is 1.94 bits per heavy atom. The van der Waals surface area contributed by atoms with Crippen molar-refractivity contribution in [1.82, 2.24) is 15.3 Å². The summed E-state index contributed by atoms with van der Waals surface area (Å²) in [7, 11) is 0. The maximum Gasteiger partial charge on any atom is 0.251 e. The van der Waals surface area contributed by atoms with Gasteiger partial charge in [0.2, 0.25) is 0 Å². The zero-order valence-electron chi connectivity index (χ0n) is 18.2. The van der Waals surface area contributed by atoms with Crippen LogP contribution in [-0.2, 0) is 6.42 Å². The molecule has 0 saturated carbocycles. The minimum Gasteiger partial charge on any atom is -0.490 e. The predicted molar refractivity (Wildman–Crippen MR) is 126 cm³/mol. The highest BCUT2D eigenvalue weighted by atomic mass is 35.5. The van der Waals surface area contributed by atoms with Gasteiger partial charge in [0.25, 0.3) is 5.91 Å². The first-order valence-electron chi connectivity index (χ1n) is 11.0. The highest BCUT2D eigenvalue weighted by Crippen LogP contribution is 2.23. The van der Waals surface area contributed by atoms with Gasteiger partial charge in [0, 0.05) is 61.6 Å². The zero-order valence-corrected chi connectivity index (χ0v) is 19.0. The summed E-state index contributed by atoms with van der Waals surface area (Å²) in [4.78, 5) is 23.2. The van der Waals surface area contributed by atoms with Gasteiger partial charge >= 0.3 is 0 Å². The summed E-state index contributed by atoms with van der Waals surface area (Å²) >= 11 is 5.83. The predicted octanol–water partition coefficient (Wildman–Crippen LogP) is 4.54. The number of benzene rings is 1. The molecular formula is C25H26ClFN4O2. The second-order valence-electron chi connectivity index (χ2n) is 8.06. The van der Waals surface area contributed by atoms with Crippen molar-refractivity contribution in [3.05, 3.63) is 83.2 Å². The highest BCUT2D eigenvalue weighted by Gasteiger charge is 2.20. The highest BCUT2D eigenvalue weighted by molar-refractivity contribution is 6.30. The van der Waals surface area contributed by atoms with E-state index in [1.807, 2.05) is 12.1 Å². The fourth-order valence-electron chi connectivity index (χ4n) is 3.86. The van der Waals surface area contributed by atoms with Gasteiger partial charge < -0.3 is 15.0 Å². The number of hydrogen-bond acceptors (Lipinski definition) is 5. The van der Waals surface area contributed by atoms with E-state index < -0.39 is 5.82 Å². The molecular weight excluding hydrogens is 443 g/mol. The van der Waals surface area contributed by atoms with E-state index in [1.54, 1.807) is 30.7 Å². The van der Waals surface area contributed by atoms with Crippen LogP contribution in [0.15, 0.2) is 61.1 Å². The van der Waals surface area contributed by atoms with Gasteiger partial charge in [-0.2, -0.15) is 0 Å². The van der Waals surface area contributed by atoms with Crippen molar-refractivity contribution >= 4 is 23.2 Å². The third-order valence-corrected chi connectivity index (χ3v) is 6.02. The van der Waals surface area contributed by atoms with Gasteiger partial charge in [0.05, 0.1) is 11.6 Å². The lowest BCUT2D eigenvalue weighted by Crippen LogP contribution is -2.38. The van der Waals surface area contributed by atoms with Crippen LogP contribution in [0.25, 0.3) is 0 Å². The first-order valence-corrected chi connectivity index (χ1v) is 11.4. The molecule has 8 heteroatoms. The summed E-state index contributed by atoms with van der Waals surface area (Å²) in [6.45, 7) is 2.73. The van der Waals surface area contributed by atoms with Gasteiger partial charge in [0.15, 0.2) is 11.6 Å². The lowest BCUT2D eigenvalue weighted by Gasteiger charge is -2.33. The Hall–Kier alpha value is -3.19. The van der Waals surface area contributed by atoms with Crippen LogP contribution >= 0.6 is 11.6 Å². The molecule has 172 valence electrons. The van der Waals surface area contributed by atoms with Crippen molar-refractivity contribution in [2.45, 2.75) is 19.3 Å². The molecule has 0 bridgehead atoms. The van der Waals surface area contributed by atoms with Crippen LogP contribution in [-0.4, -0.2) is 42.1 Å². The Bertz CT molecular complexity index is 1060.